The third kappa shape index (κ3) is 3.86. The minimum Gasteiger partial charge on any atom is -0.384 e. The maximum absolute atomic E-state index is 12.2. The summed E-state index contributed by atoms with van der Waals surface area (Å²) in [6, 6.07) is 1.66. The van der Waals surface area contributed by atoms with E-state index >= 15 is 0 Å². The molecule has 0 spiro atoms. The van der Waals surface area contributed by atoms with Crippen LogP contribution in [0.5, 0.6) is 0 Å². The first kappa shape index (κ1) is 14.2. The second-order valence-corrected chi connectivity index (χ2v) is 3.96. The molecule has 0 unspecified atom stereocenters. The zero-order valence-electron chi connectivity index (χ0n) is 10.8. The molecular formula is C14H18N2O2. The first-order chi connectivity index (χ1) is 8.70. The molecule has 1 aromatic rings. The van der Waals surface area contributed by atoms with E-state index in [2.05, 4.69) is 23.7 Å². The van der Waals surface area contributed by atoms with Crippen molar-refractivity contribution in [3.05, 3.63) is 29.6 Å². The average Bonchev–Trinajstić information content (AvgIpc) is 2.42. The lowest BCUT2D eigenvalue weighted by Crippen LogP contribution is -2.28. The highest BCUT2D eigenvalue weighted by molar-refractivity contribution is 5.96. The van der Waals surface area contributed by atoms with Crippen molar-refractivity contribution < 1.29 is 9.90 Å². The van der Waals surface area contributed by atoms with E-state index in [1.807, 2.05) is 0 Å². The summed E-state index contributed by atoms with van der Waals surface area (Å²) < 4.78 is 0. The van der Waals surface area contributed by atoms with Crippen LogP contribution in [-0.2, 0) is 0 Å². The Labute approximate surface area is 108 Å². The molecule has 1 rings (SSSR count). The molecule has 1 heterocycles. The lowest BCUT2D eigenvalue weighted by molar-refractivity contribution is 0.0793. The van der Waals surface area contributed by atoms with E-state index in [0.29, 0.717) is 11.1 Å². The van der Waals surface area contributed by atoms with Crippen LogP contribution in [0, 0.1) is 11.8 Å². The molecule has 0 radical (unpaired) electrons. The Morgan fingerprint density at radius 2 is 2.33 bits per heavy atom. The van der Waals surface area contributed by atoms with Crippen molar-refractivity contribution in [2.45, 2.75) is 19.8 Å². The molecule has 0 saturated carbocycles. The van der Waals surface area contributed by atoms with Crippen LogP contribution in [0.25, 0.3) is 0 Å². The predicted molar refractivity (Wildman–Crippen MR) is 70.1 cm³/mol. The topological polar surface area (TPSA) is 53.4 Å². The third-order valence-corrected chi connectivity index (χ3v) is 2.55. The van der Waals surface area contributed by atoms with Crippen molar-refractivity contribution in [1.82, 2.24) is 9.88 Å². The normalized spacial score (nSPS) is 9.50. The number of aliphatic hydroxyl groups excluding tert-OH is 1. The molecule has 0 bridgehead atoms. The molecule has 1 aromatic heterocycles. The Hall–Kier alpha value is -1.86. The summed E-state index contributed by atoms with van der Waals surface area (Å²) in [6.45, 7) is 2.58. The molecule has 4 heteroatoms. The summed E-state index contributed by atoms with van der Waals surface area (Å²) >= 11 is 0. The number of aromatic nitrogens is 1. The number of nitrogens with zero attached hydrogens (tertiary/aromatic N) is 2. The Kier molecular flexibility index (Phi) is 5.89. The zero-order valence-corrected chi connectivity index (χ0v) is 10.8. The fraction of sp³-hybridized carbons (Fsp3) is 0.429. The second kappa shape index (κ2) is 7.46. The van der Waals surface area contributed by atoms with Gasteiger partial charge < -0.3 is 10.0 Å². The molecule has 1 N–H and O–H groups in total. The summed E-state index contributed by atoms with van der Waals surface area (Å²) in [5.41, 5.74) is 1.09. The van der Waals surface area contributed by atoms with E-state index in [1.54, 1.807) is 30.4 Å². The van der Waals surface area contributed by atoms with Crippen LogP contribution in [-0.4, -0.2) is 41.1 Å². The zero-order chi connectivity index (χ0) is 13.4. The highest BCUT2D eigenvalue weighted by Gasteiger charge is 2.14. The fourth-order valence-electron chi connectivity index (χ4n) is 1.52. The largest absolute Gasteiger partial charge is 0.384 e. The van der Waals surface area contributed by atoms with E-state index < -0.39 is 0 Å². The number of pyridine rings is 1. The molecule has 4 nitrogen and oxygen atoms in total. The van der Waals surface area contributed by atoms with Crippen molar-refractivity contribution in [2.24, 2.45) is 0 Å². The van der Waals surface area contributed by atoms with Crippen molar-refractivity contribution >= 4 is 5.91 Å². The SMILES string of the molecule is CCCCN(C)C(=O)c1ccncc1C#CCO. The van der Waals surface area contributed by atoms with Gasteiger partial charge in [0.05, 0.1) is 11.1 Å². The Balaban J connectivity index is 2.91. The van der Waals surface area contributed by atoms with E-state index in [1.165, 1.54) is 0 Å². The Morgan fingerprint density at radius 1 is 1.56 bits per heavy atom. The first-order valence-corrected chi connectivity index (χ1v) is 6.00. The van der Waals surface area contributed by atoms with E-state index in [-0.39, 0.29) is 12.5 Å². The standard InChI is InChI=1S/C14H18N2O2/c1-3-4-9-16(2)14(18)13-7-8-15-11-12(13)6-5-10-17/h7-8,11,17H,3-4,9-10H2,1-2H3. The lowest BCUT2D eigenvalue weighted by atomic mass is 10.1. The number of amides is 1. The minimum absolute atomic E-state index is 0.0620. The van der Waals surface area contributed by atoms with Gasteiger partial charge in [-0.15, -0.1) is 0 Å². The van der Waals surface area contributed by atoms with Crippen LogP contribution >= 0.6 is 0 Å². The predicted octanol–water partition coefficient (Wildman–Crippen LogP) is 1.30. The van der Waals surface area contributed by atoms with E-state index in [4.69, 9.17) is 5.11 Å². The van der Waals surface area contributed by atoms with Gasteiger partial charge in [-0.3, -0.25) is 9.78 Å². The van der Waals surface area contributed by atoms with Gasteiger partial charge in [-0.1, -0.05) is 25.2 Å². The van der Waals surface area contributed by atoms with Gasteiger partial charge in [-0.25, -0.2) is 0 Å². The number of carbonyl (C=O) groups is 1. The second-order valence-electron chi connectivity index (χ2n) is 3.96. The number of hydrogen-bond donors (Lipinski definition) is 1. The number of carbonyl (C=O) groups excluding carboxylic acids is 1. The van der Waals surface area contributed by atoms with Crippen LogP contribution in [0.4, 0.5) is 0 Å². The maximum atomic E-state index is 12.2. The molecule has 96 valence electrons. The maximum Gasteiger partial charge on any atom is 0.254 e. The monoisotopic (exact) mass is 246 g/mol. The molecule has 18 heavy (non-hydrogen) atoms. The van der Waals surface area contributed by atoms with Crippen molar-refractivity contribution in [3.8, 4) is 11.8 Å². The smallest absolute Gasteiger partial charge is 0.254 e. The number of unbranched alkanes of at least 4 members (excludes halogenated alkanes) is 1. The van der Waals surface area contributed by atoms with Gasteiger partial charge in [-0.2, -0.15) is 0 Å². The minimum atomic E-state index is -0.228. The third-order valence-electron chi connectivity index (χ3n) is 2.55. The average molecular weight is 246 g/mol. The van der Waals surface area contributed by atoms with Gasteiger partial charge in [0.25, 0.3) is 5.91 Å². The van der Waals surface area contributed by atoms with Crippen molar-refractivity contribution in [2.75, 3.05) is 20.2 Å². The summed E-state index contributed by atoms with van der Waals surface area (Å²) in [4.78, 5) is 17.8. The first-order valence-electron chi connectivity index (χ1n) is 6.00. The van der Waals surface area contributed by atoms with Gasteiger partial charge >= 0.3 is 0 Å². The number of aliphatic hydroxyl groups is 1. The summed E-state index contributed by atoms with van der Waals surface area (Å²) in [5.74, 6) is 5.22. The van der Waals surface area contributed by atoms with Crippen LogP contribution < -0.4 is 0 Å². The van der Waals surface area contributed by atoms with Crippen molar-refractivity contribution in [3.63, 3.8) is 0 Å². The summed E-state index contributed by atoms with van der Waals surface area (Å²) in [7, 11) is 1.78. The van der Waals surface area contributed by atoms with Gasteiger partial charge in [-0.05, 0) is 12.5 Å². The quantitative estimate of drug-likeness (QED) is 0.815. The number of rotatable bonds is 4. The highest BCUT2D eigenvalue weighted by atomic mass is 16.2. The fourth-order valence-corrected chi connectivity index (χ4v) is 1.52. The van der Waals surface area contributed by atoms with Gasteiger partial charge in [0.1, 0.15) is 6.61 Å². The lowest BCUT2D eigenvalue weighted by Gasteiger charge is -2.17. The van der Waals surface area contributed by atoms with E-state index in [0.717, 1.165) is 19.4 Å². The summed E-state index contributed by atoms with van der Waals surface area (Å²) in [6.07, 6.45) is 5.14. The molecule has 0 saturated heterocycles. The molecule has 0 fully saturated rings. The highest BCUT2D eigenvalue weighted by Crippen LogP contribution is 2.09. The number of hydrogen-bond acceptors (Lipinski definition) is 3. The molecular weight excluding hydrogens is 228 g/mol. The molecule has 0 aliphatic heterocycles. The molecule has 0 atom stereocenters. The van der Waals surface area contributed by atoms with Gasteiger partial charge in [0.15, 0.2) is 0 Å². The van der Waals surface area contributed by atoms with Gasteiger partial charge in [0.2, 0.25) is 0 Å². The van der Waals surface area contributed by atoms with E-state index in [9.17, 15) is 4.79 Å². The van der Waals surface area contributed by atoms with Crippen molar-refractivity contribution in [1.29, 1.82) is 0 Å². The van der Waals surface area contributed by atoms with Gasteiger partial charge in [0, 0.05) is 26.0 Å². The summed E-state index contributed by atoms with van der Waals surface area (Å²) in [5, 5.41) is 8.69. The molecule has 0 aromatic carbocycles. The Bertz CT molecular complexity index is 460. The van der Waals surface area contributed by atoms with Crippen LogP contribution in [0.1, 0.15) is 35.7 Å². The van der Waals surface area contributed by atoms with Crippen LogP contribution in [0.3, 0.4) is 0 Å². The van der Waals surface area contributed by atoms with Crippen LogP contribution in [0.15, 0.2) is 18.5 Å². The molecule has 1 amide bonds. The molecule has 0 aliphatic carbocycles. The Morgan fingerprint density at radius 3 is 3.00 bits per heavy atom. The molecule has 0 aliphatic rings. The van der Waals surface area contributed by atoms with Crippen LogP contribution in [0.2, 0.25) is 0 Å².